The van der Waals surface area contributed by atoms with Crippen LogP contribution in [-0.2, 0) is 11.2 Å². The molecular formula is C14H14N3O2S-. The lowest BCUT2D eigenvalue weighted by atomic mass is 10.1. The van der Waals surface area contributed by atoms with Gasteiger partial charge in [-0.15, -0.1) is 0 Å². The molecule has 5 nitrogen and oxygen atoms in total. The summed E-state index contributed by atoms with van der Waals surface area (Å²) in [4.78, 5) is 17.3. The van der Waals surface area contributed by atoms with E-state index in [4.69, 9.17) is 0 Å². The average Bonchev–Trinajstić information content (AvgIpc) is 3.07. The Morgan fingerprint density at radius 3 is 2.95 bits per heavy atom. The molecule has 0 aliphatic carbocycles. The molecule has 2 aromatic rings. The molecule has 1 aromatic carbocycles. The highest BCUT2D eigenvalue weighted by molar-refractivity contribution is 7.09. The third-order valence-corrected chi connectivity index (χ3v) is 4.22. The van der Waals surface area contributed by atoms with Crippen LogP contribution in [0.3, 0.4) is 0 Å². The molecule has 0 spiro atoms. The van der Waals surface area contributed by atoms with E-state index in [0.29, 0.717) is 24.5 Å². The highest BCUT2D eigenvalue weighted by Gasteiger charge is 2.28. The summed E-state index contributed by atoms with van der Waals surface area (Å²) in [5.74, 6) is -0.289. The van der Waals surface area contributed by atoms with Crippen LogP contribution in [-0.4, -0.2) is 27.9 Å². The predicted molar refractivity (Wildman–Crippen MR) is 74.5 cm³/mol. The number of rotatable bonds is 4. The summed E-state index contributed by atoms with van der Waals surface area (Å²) >= 11 is 1.26. The lowest BCUT2D eigenvalue weighted by molar-refractivity contribution is -0.307. The molecule has 3 rings (SSSR count). The van der Waals surface area contributed by atoms with Crippen molar-refractivity contribution < 1.29 is 9.90 Å². The van der Waals surface area contributed by atoms with Crippen molar-refractivity contribution in [1.82, 2.24) is 9.36 Å². The molecule has 1 aliphatic heterocycles. The van der Waals surface area contributed by atoms with E-state index in [1.807, 2.05) is 30.3 Å². The molecule has 6 heteroatoms. The first-order chi connectivity index (χ1) is 9.74. The van der Waals surface area contributed by atoms with E-state index in [-0.39, 0.29) is 0 Å². The van der Waals surface area contributed by atoms with E-state index in [2.05, 4.69) is 9.36 Å². The molecule has 0 unspecified atom stereocenters. The Kier molecular flexibility index (Phi) is 3.64. The molecule has 0 N–H and O–H groups in total. The van der Waals surface area contributed by atoms with Crippen LogP contribution >= 0.6 is 11.5 Å². The van der Waals surface area contributed by atoms with Crippen molar-refractivity contribution in [3.8, 4) is 0 Å². The van der Waals surface area contributed by atoms with Gasteiger partial charge in [0, 0.05) is 24.5 Å². The fraction of sp³-hybridized carbons (Fsp3) is 0.357. The van der Waals surface area contributed by atoms with E-state index < -0.39 is 12.0 Å². The van der Waals surface area contributed by atoms with Crippen LogP contribution in [0.5, 0.6) is 0 Å². The van der Waals surface area contributed by atoms with Crippen molar-refractivity contribution in [3.05, 3.63) is 41.7 Å². The third-order valence-electron chi connectivity index (χ3n) is 3.43. The number of nitrogens with zero attached hydrogens (tertiary/aromatic N) is 3. The number of hydrogen-bond acceptors (Lipinski definition) is 6. The predicted octanol–water partition coefficient (Wildman–Crippen LogP) is 0.848. The van der Waals surface area contributed by atoms with Gasteiger partial charge >= 0.3 is 0 Å². The van der Waals surface area contributed by atoms with Gasteiger partial charge in [-0.25, -0.2) is 4.98 Å². The number of anilines is 1. The summed E-state index contributed by atoms with van der Waals surface area (Å²) in [6, 6.07) is 9.43. The fourth-order valence-electron chi connectivity index (χ4n) is 2.45. The van der Waals surface area contributed by atoms with Gasteiger partial charge < -0.3 is 14.8 Å². The van der Waals surface area contributed by atoms with Crippen LogP contribution in [0, 0.1) is 0 Å². The van der Waals surface area contributed by atoms with E-state index in [1.165, 1.54) is 11.5 Å². The number of carboxylic acid groups (broad SMARTS) is 1. The number of aromatic nitrogens is 2. The van der Waals surface area contributed by atoms with Gasteiger partial charge in [0.1, 0.15) is 5.82 Å². The molecule has 1 atom stereocenters. The Morgan fingerprint density at radius 1 is 1.40 bits per heavy atom. The minimum atomic E-state index is -1.03. The van der Waals surface area contributed by atoms with Gasteiger partial charge in [-0.05, 0) is 18.4 Å². The maximum Gasteiger partial charge on any atom is 0.205 e. The van der Waals surface area contributed by atoms with Gasteiger partial charge in [-0.1, -0.05) is 30.3 Å². The Bertz CT molecular complexity index is 599. The summed E-state index contributed by atoms with van der Waals surface area (Å²) in [6.45, 7) is 0.707. The van der Waals surface area contributed by atoms with E-state index >= 15 is 0 Å². The summed E-state index contributed by atoms with van der Waals surface area (Å²) in [7, 11) is 0. The zero-order valence-electron chi connectivity index (χ0n) is 10.9. The molecule has 0 radical (unpaired) electrons. The lowest BCUT2D eigenvalue weighted by Crippen LogP contribution is -2.44. The third kappa shape index (κ3) is 2.65. The molecule has 1 aliphatic rings. The Morgan fingerprint density at radius 2 is 2.20 bits per heavy atom. The molecule has 2 heterocycles. The Labute approximate surface area is 121 Å². The number of aliphatic carboxylic acids is 1. The standard InChI is InChI=1S/C14H15N3O2S/c18-13(19)11-7-4-8-17(11)14-15-12(16-20-14)9-10-5-2-1-3-6-10/h1-3,5-6,11H,4,7-9H2,(H,18,19)/p-1/t11-/m0/s1. The topological polar surface area (TPSA) is 69.2 Å². The van der Waals surface area contributed by atoms with Gasteiger partial charge in [0.15, 0.2) is 0 Å². The smallest absolute Gasteiger partial charge is 0.205 e. The Hall–Kier alpha value is -1.95. The molecule has 104 valence electrons. The van der Waals surface area contributed by atoms with Crippen molar-refractivity contribution in [2.45, 2.75) is 25.3 Å². The summed E-state index contributed by atoms with van der Waals surface area (Å²) in [5.41, 5.74) is 1.15. The van der Waals surface area contributed by atoms with Crippen LogP contribution in [0.15, 0.2) is 30.3 Å². The van der Waals surface area contributed by atoms with Crippen molar-refractivity contribution in [2.24, 2.45) is 0 Å². The zero-order valence-corrected chi connectivity index (χ0v) is 11.7. The molecule has 0 amide bonds. The fourth-order valence-corrected chi connectivity index (χ4v) is 3.21. The summed E-state index contributed by atoms with van der Waals surface area (Å²) < 4.78 is 4.33. The molecule has 1 aromatic heterocycles. The van der Waals surface area contributed by atoms with Crippen molar-refractivity contribution in [2.75, 3.05) is 11.4 Å². The quantitative estimate of drug-likeness (QED) is 0.834. The maximum atomic E-state index is 11.1. The zero-order chi connectivity index (χ0) is 13.9. The maximum absolute atomic E-state index is 11.1. The van der Waals surface area contributed by atoms with Crippen LogP contribution < -0.4 is 10.0 Å². The molecular weight excluding hydrogens is 274 g/mol. The largest absolute Gasteiger partial charge is 0.548 e. The van der Waals surface area contributed by atoms with Gasteiger partial charge in [0.05, 0.1) is 12.0 Å². The van der Waals surface area contributed by atoms with E-state index in [9.17, 15) is 9.90 Å². The first kappa shape index (κ1) is 13.1. The van der Waals surface area contributed by atoms with Gasteiger partial charge in [0.2, 0.25) is 5.13 Å². The molecule has 0 saturated carbocycles. The number of carbonyl (C=O) groups excluding carboxylic acids is 1. The first-order valence-corrected chi connectivity index (χ1v) is 7.35. The number of hydrogen-bond donors (Lipinski definition) is 0. The summed E-state index contributed by atoms with van der Waals surface area (Å²) in [5, 5.41) is 11.8. The second-order valence-corrected chi connectivity index (χ2v) is 5.56. The van der Waals surface area contributed by atoms with Crippen LogP contribution in [0.25, 0.3) is 0 Å². The lowest BCUT2D eigenvalue weighted by Gasteiger charge is -2.23. The normalized spacial score (nSPS) is 18.4. The number of benzene rings is 1. The van der Waals surface area contributed by atoms with E-state index in [1.54, 1.807) is 4.90 Å². The monoisotopic (exact) mass is 288 g/mol. The number of carboxylic acids is 1. The Balaban J connectivity index is 1.75. The van der Waals surface area contributed by atoms with Crippen LogP contribution in [0.1, 0.15) is 24.2 Å². The van der Waals surface area contributed by atoms with Crippen molar-refractivity contribution in [1.29, 1.82) is 0 Å². The summed E-state index contributed by atoms with van der Waals surface area (Å²) in [6.07, 6.45) is 2.14. The minimum Gasteiger partial charge on any atom is -0.548 e. The highest BCUT2D eigenvalue weighted by atomic mass is 32.1. The SMILES string of the molecule is O=C([O-])[C@@H]1CCCN1c1nc(Cc2ccccc2)ns1. The van der Waals surface area contributed by atoms with Crippen molar-refractivity contribution in [3.63, 3.8) is 0 Å². The average molecular weight is 288 g/mol. The molecule has 20 heavy (non-hydrogen) atoms. The van der Waals surface area contributed by atoms with Gasteiger partial charge in [0.25, 0.3) is 0 Å². The second-order valence-electron chi connectivity index (χ2n) is 4.83. The van der Waals surface area contributed by atoms with E-state index in [0.717, 1.165) is 17.8 Å². The van der Waals surface area contributed by atoms with Crippen LogP contribution in [0.2, 0.25) is 0 Å². The first-order valence-electron chi connectivity index (χ1n) is 6.58. The second kappa shape index (κ2) is 5.58. The number of carbonyl (C=O) groups is 1. The minimum absolute atomic E-state index is 0.562. The van der Waals surface area contributed by atoms with Gasteiger partial charge in [-0.2, -0.15) is 4.37 Å². The van der Waals surface area contributed by atoms with Gasteiger partial charge in [-0.3, -0.25) is 0 Å². The molecule has 1 saturated heterocycles. The highest BCUT2D eigenvalue weighted by Crippen LogP contribution is 2.27. The molecule has 1 fully saturated rings. The van der Waals surface area contributed by atoms with Crippen molar-refractivity contribution >= 4 is 22.6 Å². The van der Waals surface area contributed by atoms with Crippen LogP contribution in [0.4, 0.5) is 5.13 Å². The molecule has 0 bridgehead atoms.